The van der Waals surface area contributed by atoms with E-state index < -0.39 is 23.9 Å². The first-order chi connectivity index (χ1) is 9.97. The fourth-order valence-electron chi connectivity index (χ4n) is 1.98. The van der Waals surface area contributed by atoms with Gasteiger partial charge in [-0.25, -0.2) is 4.79 Å². The first kappa shape index (κ1) is 15.1. The van der Waals surface area contributed by atoms with Crippen LogP contribution in [-0.4, -0.2) is 43.4 Å². The van der Waals surface area contributed by atoms with Gasteiger partial charge in [0.15, 0.2) is 6.10 Å². The zero-order valence-electron chi connectivity index (χ0n) is 11.2. The second kappa shape index (κ2) is 6.01. The Balaban J connectivity index is 2.46. The molecule has 0 fully saturated rings. The van der Waals surface area contributed by atoms with Gasteiger partial charge in [0, 0.05) is 0 Å². The molecule has 0 saturated carbocycles. The molecule has 2 N–H and O–H groups in total. The largest absolute Gasteiger partial charge is 0.477 e. The number of nitrogens with two attached hydrogens (primary N) is 1. The summed E-state index contributed by atoms with van der Waals surface area (Å²) < 4.78 is 10.0. The van der Waals surface area contributed by atoms with Crippen molar-refractivity contribution in [1.82, 2.24) is 0 Å². The van der Waals surface area contributed by atoms with Gasteiger partial charge in [0.1, 0.15) is 11.6 Å². The molecular weight excluding hydrogens is 300 g/mol. The minimum atomic E-state index is -0.964. The van der Waals surface area contributed by atoms with Crippen LogP contribution in [0.4, 0.5) is 5.69 Å². The summed E-state index contributed by atoms with van der Waals surface area (Å²) in [5.74, 6) is -1.66. The van der Waals surface area contributed by atoms with Crippen LogP contribution in [0.25, 0.3) is 0 Å². The van der Waals surface area contributed by atoms with Gasteiger partial charge in [0.05, 0.1) is 24.9 Å². The normalized spacial score (nSPS) is 16.7. The standard InChI is InChI=1S/C13H13ClN2O5/c1-20-13(19)7-2-3-9-8(4-7)16(11(17)5-14)6-10(21-9)12(15)18/h2-4,10H,5-6H2,1H3,(H2,15,18). The second-order valence-corrected chi connectivity index (χ2v) is 4.59. The predicted molar refractivity (Wildman–Crippen MR) is 74.5 cm³/mol. The van der Waals surface area contributed by atoms with Crippen LogP contribution in [0.1, 0.15) is 10.4 Å². The average Bonchev–Trinajstić information content (AvgIpc) is 2.51. The maximum Gasteiger partial charge on any atom is 0.337 e. The minimum absolute atomic E-state index is 0.0570. The molecule has 1 heterocycles. The highest BCUT2D eigenvalue weighted by Gasteiger charge is 2.33. The number of ether oxygens (including phenoxy) is 2. The van der Waals surface area contributed by atoms with Crippen molar-refractivity contribution in [3.8, 4) is 5.75 Å². The summed E-state index contributed by atoms with van der Waals surface area (Å²) in [6.07, 6.45) is -0.964. The Labute approximate surface area is 125 Å². The SMILES string of the molecule is COC(=O)c1ccc2c(c1)N(C(=O)CCl)CC(C(N)=O)O2. The van der Waals surface area contributed by atoms with E-state index in [4.69, 9.17) is 22.1 Å². The number of carbonyl (C=O) groups excluding carboxylic acids is 3. The molecule has 1 aliphatic rings. The van der Waals surface area contributed by atoms with Crippen LogP contribution in [-0.2, 0) is 14.3 Å². The van der Waals surface area contributed by atoms with Gasteiger partial charge >= 0.3 is 5.97 Å². The van der Waals surface area contributed by atoms with Crippen molar-refractivity contribution in [1.29, 1.82) is 0 Å². The molecule has 1 atom stereocenters. The van der Waals surface area contributed by atoms with E-state index in [-0.39, 0.29) is 23.7 Å². The summed E-state index contributed by atoms with van der Waals surface area (Å²) >= 11 is 5.57. The van der Waals surface area contributed by atoms with E-state index in [9.17, 15) is 14.4 Å². The number of carbonyl (C=O) groups is 3. The summed E-state index contributed by atoms with van der Waals surface area (Å²) in [5.41, 5.74) is 5.82. The Kier molecular flexibility index (Phi) is 4.32. The molecule has 1 unspecified atom stereocenters. The van der Waals surface area contributed by atoms with Crippen molar-refractivity contribution < 1.29 is 23.9 Å². The van der Waals surface area contributed by atoms with Crippen LogP contribution in [0.3, 0.4) is 0 Å². The van der Waals surface area contributed by atoms with E-state index in [1.807, 2.05) is 0 Å². The second-order valence-electron chi connectivity index (χ2n) is 4.32. The highest BCUT2D eigenvalue weighted by Crippen LogP contribution is 2.34. The molecule has 0 bridgehead atoms. The Bertz CT molecular complexity index is 604. The third-order valence-corrected chi connectivity index (χ3v) is 3.25. The molecule has 2 amide bonds. The summed E-state index contributed by atoms with van der Waals surface area (Å²) in [6, 6.07) is 4.39. The number of hydrogen-bond acceptors (Lipinski definition) is 5. The lowest BCUT2D eigenvalue weighted by atomic mass is 10.1. The van der Waals surface area contributed by atoms with Crippen LogP contribution in [0.2, 0.25) is 0 Å². The topological polar surface area (TPSA) is 98.9 Å². The van der Waals surface area contributed by atoms with Gasteiger partial charge in [-0.1, -0.05) is 0 Å². The van der Waals surface area contributed by atoms with Crippen molar-refractivity contribution >= 4 is 35.1 Å². The van der Waals surface area contributed by atoms with Crippen molar-refractivity contribution in [2.45, 2.75) is 6.10 Å². The Hall–Kier alpha value is -2.28. The lowest BCUT2D eigenvalue weighted by Gasteiger charge is -2.33. The number of alkyl halides is 1. The van der Waals surface area contributed by atoms with Gasteiger partial charge in [-0.05, 0) is 18.2 Å². The Morgan fingerprint density at radius 1 is 1.48 bits per heavy atom. The van der Waals surface area contributed by atoms with Crippen molar-refractivity contribution in [3.05, 3.63) is 23.8 Å². The van der Waals surface area contributed by atoms with Crippen molar-refractivity contribution in [2.75, 3.05) is 24.4 Å². The van der Waals surface area contributed by atoms with Crippen LogP contribution in [0.15, 0.2) is 18.2 Å². The number of halogens is 1. The van der Waals surface area contributed by atoms with Gasteiger partial charge in [-0.3, -0.25) is 9.59 Å². The Morgan fingerprint density at radius 3 is 2.76 bits per heavy atom. The number of nitrogens with zero attached hydrogens (tertiary/aromatic N) is 1. The predicted octanol–water partition coefficient (Wildman–Crippen LogP) is 0.291. The molecule has 8 heteroatoms. The molecule has 1 aromatic carbocycles. The van der Waals surface area contributed by atoms with Crippen LogP contribution >= 0.6 is 11.6 Å². The zero-order valence-corrected chi connectivity index (χ0v) is 11.9. The fourth-order valence-corrected chi connectivity index (χ4v) is 2.13. The fraction of sp³-hybridized carbons (Fsp3) is 0.308. The number of primary amides is 1. The summed E-state index contributed by atoms with van der Waals surface area (Å²) in [4.78, 5) is 36.0. The third kappa shape index (κ3) is 2.92. The van der Waals surface area contributed by atoms with Crippen molar-refractivity contribution in [3.63, 3.8) is 0 Å². The number of amides is 2. The number of anilines is 1. The van der Waals surface area contributed by atoms with E-state index in [1.54, 1.807) is 0 Å². The zero-order chi connectivity index (χ0) is 15.6. The smallest absolute Gasteiger partial charge is 0.337 e. The molecule has 0 saturated heterocycles. The maximum atomic E-state index is 11.9. The quantitative estimate of drug-likeness (QED) is 0.639. The molecule has 1 aromatic rings. The average molecular weight is 313 g/mol. The molecule has 2 rings (SSSR count). The third-order valence-electron chi connectivity index (χ3n) is 3.02. The molecule has 0 aromatic heterocycles. The lowest BCUT2D eigenvalue weighted by molar-refractivity contribution is -0.125. The molecule has 1 aliphatic heterocycles. The lowest BCUT2D eigenvalue weighted by Crippen LogP contribution is -2.49. The summed E-state index contributed by atoms with van der Waals surface area (Å²) in [5, 5.41) is 0. The molecule has 0 spiro atoms. The number of methoxy groups -OCH3 is 1. The number of esters is 1. The number of hydrogen-bond donors (Lipinski definition) is 1. The first-order valence-electron chi connectivity index (χ1n) is 6.02. The monoisotopic (exact) mass is 312 g/mol. The number of rotatable bonds is 3. The van der Waals surface area contributed by atoms with Crippen molar-refractivity contribution in [2.24, 2.45) is 5.73 Å². The molecule has 7 nitrogen and oxygen atoms in total. The van der Waals surface area contributed by atoms with Gasteiger partial charge in [-0.2, -0.15) is 0 Å². The Morgan fingerprint density at radius 2 is 2.19 bits per heavy atom. The molecule has 0 aliphatic carbocycles. The summed E-state index contributed by atoms with van der Waals surface area (Å²) in [6.45, 7) is -0.0570. The first-order valence-corrected chi connectivity index (χ1v) is 6.56. The summed E-state index contributed by atoms with van der Waals surface area (Å²) in [7, 11) is 1.25. The highest BCUT2D eigenvalue weighted by molar-refractivity contribution is 6.29. The van der Waals surface area contributed by atoms with E-state index in [0.29, 0.717) is 5.69 Å². The molecular formula is C13H13ClN2O5. The van der Waals surface area contributed by atoms with Gasteiger partial charge in [0.25, 0.3) is 5.91 Å². The van der Waals surface area contributed by atoms with Crippen LogP contribution in [0.5, 0.6) is 5.75 Å². The number of fused-ring (bicyclic) bond motifs is 1. The van der Waals surface area contributed by atoms with E-state index in [0.717, 1.165) is 0 Å². The van der Waals surface area contributed by atoms with Gasteiger partial charge < -0.3 is 20.1 Å². The molecule has 0 radical (unpaired) electrons. The highest BCUT2D eigenvalue weighted by atomic mass is 35.5. The maximum absolute atomic E-state index is 11.9. The molecule has 21 heavy (non-hydrogen) atoms. The minimum Gasteiger partial charge on any atom is -0.477 e. The van der Waals surface area contributed by atoms with Crippen LogP contribution < -0.4 is 15.4 Å². The van der Waals surface area contributed by atoms with Crippen LogP contribution in [0, 0.1) is 0 Å². The van der Waals surface area contributed by atoms with Gasteiger partial charge in [-0.15, -0.1) is 11.6 Å². The molecule has 112 valence electrons. The van der Waals surface area contributed by atoms with Gasteiger partial charge in [0.2, 0.25) is 5.91 Å². The number of benzene rings is 1. The van der Waals surface area contributed by atoms with E-state index >= 15 is 0 Å². The van der Waals surface area contributed by atoms with E-state index in [2.05, 4.69) is 4.74 Å². The van der Waals surface area contributed by atoms with E-state index in [1.165, 1.54) is 30.2 Å².